The van der Waals surface area contributed by atoms with Crippen LogP contribution < -0.4 is 20.9 Å². The first-order valence-electron chi connectivity index (χ1n) is 11.4. The van der Waals surface area contributed by atoms with Crippen molar-refractivity contribution in [3.63, 3.8) is 0 Å². The molecule has 1 aromatic heterocycles. The largest absolute Gasteiger partial charge is 0.444 e. The lowest BCUT2D eigenvalue weighted by molar-refractivity contribution is 0.0498. The van der Waals surface area contributed by atoms with Gasteiger partial charge in [-0.25, -0.2) is 14.6 Å². The lowest BCUT2D eigenvalue weighted by Gasteiger charge is -2.38. The van der Waals surface area contributed by atoms with Crippen LogP contribution in [0.1, 0.15) is 66.4 Å². The molecule has 9 nitrogen and oxygen atoms in total. The number of anilines is 3. The van der Waals surface area contributed by atoms with Crippen molar-refractivity contribution >= 4 is 29.4 Å². The van der Waals surface area contributed by atoms with E-state index in [1.807, 2.05) is 41.5 Å². The third kappa shape index (κ3) is 5.95. The molecule has 1 aromatic rings. The van der Waals surface area contributed by atoms with E-state index in [0.717, 1.165) is 43.5 Å². The molecule has 3 rings (SSSR count). The Morgan fingerprint density at radius 2 is 1.78 bits per heavy atom. The van der Waals surface area contributed by atoms with Crippen LogP contribution in [0, 0.1) is 0 Å². The highest BCUT2D eigenvalue weighted by Gasteiger charge is 2.33. The molecule has 9 heteroatoms. The lowest BCUT2D eigenvalue weighted by atomic mass is 9.99. The molecule has 2 amide bonds. The predicted molar refractivity (Wildman–Crippen MR) is 125 cm³/mol. The van der Waals surface area contributed by atoms with Crippen molar-refractivity contribution in [3.05, 3.63) is 11.8 Å². The number of carbonyl (C=O) groups is 2. The van der Waals surface area contributed by atoms with Gasteiger partial charge in [0.15, 0.2) is 0 Å². The third-order valence-electron chi connectivity index (χ3n) is 5.29. The van der Waals surface area contributed by atoms with Crippen LogP contribution >= 0.6 is 0 Å². The number of pyridine rings is 1. The molecule has 1 saturated heterocycles. The van der Waals surface area contributed by atoms with Gasteiger partial charge in [0.2, 0.25) is 0 Å². The Morgan fingerprint density at radius 3 is 2.44 bits per heavy atom. The van der Waals surface area contributed by atoms with Crippen molar-refractivity contribution in [2.45, 2.75) is 84.5 Å². The Kier molecular flexibility index (Phi) is 6.76. The van der Waals surface area contributed by atoms with Crippen molar-refractivity contribution in [2.75, 3.05) is 35.2 Å². The molecule has 0 spiro atoms. The first-order valence-corrected chi connectivity index (χ1v) is 11.4. The van der Waals surface area contributed by atoms with Gasteiger partial charge in [0.05, 0.1) is 17.6 Å². The number of alkyl carbamates (subject to hydrolysis) is 1. The summed E-state index contributed by atoms with van der Waals surface area (Å²) in [4.78, 5) is 33.3. The van der Waals surface area contributed by atoms with Crippen LogP contribution in [0.25, 0.3) is 0 Å². The molecule has 0 saturated carbocycles. The van der Waals surface area contributed by atoms with Gasteiger partial charge in [0.25, 0.3) is 0 Å². The Bertz CT molecular complexity index is 859. The molecule has 178 valence electrons. The van der Waals surface area contributed by atoms with Crippen LogP contribution in [0.3, 0.4) is 0 Å². The van der Waals surface area contributed by atoms with E-state index < -0.39 is 23.4 Å². The van der Waals surface area contributed by atoms with Gasteiger partial charge in [0.1, 0.15) is 17.0 Å². The second-order valence-corrected chi connectivity index (χ2v) is 10.5. The Hall–Kier alpha value is -2.71. The fourth-order valence-corrected chi connectivity index (χ4v) is 4.17. The standard InChI is InChI=1S/C23H37N5O4/c1-22(2,3)31-20(29)26-15-9-7-11-27(14-15)18-16-10-8-12-28(19(16)25-13-17(18)24)21(30)32-23(4,5)6/h13,15H,7-12,14,24H2,1-6H3,(H,26,29). The fourth-order valence-electron chi connectivity index (χ4n) is 4.17. The number of hydrogen-bond acceptors (Lipinski definition) is 7. The van der Waals surface area contributed by atoms with Crippen LogP contribution in [-0.4, -0.2) is 54.0 Å². The van der Waals surface area contributed by atoms with Gasteiger partial charge in [-0.05, 0) is 67.2 Å². The number of nitrogens with one attached hydrogen (secondary N) is 1. The fraction of sp³-hybridized carbons (Fsp3) is 0.696. The van der Waals surface area contributed by atoms with Gasteiger partial charge in [-0.2, -0.15) is 0 Å². The van der Waals surface area contributed by atoms with Gasteiger partial charge in [0, 0.05) is 31.2 Å². The van der Waals surface area contributed by atoms with E-state index in [2.05, 4.69) is 15.2 Å². The van der Waals surface area contributed by atoms with Crippen molar-refractivity contribution in [1.29, 1.82) is 0 Å². The number of nitrogens with two attached hydrogens (primary N) is 1. The second-order valence-electron chi connectivity index (χ2n) is 10.5. The van der Waals surface area contributed by atoms with Crippen molar-refractivity contribution < 1.29 is 19.1 Å². The number of fused-ring (bicyclic) bond motifs is 1. The van der Waals surface area contributed by atoms with E-state index in [1.165, 1.54) is 0 Å². The summed E-state index contributed by atoms with van der Waals surface area (Å²) in [5.74, 6) is 0.608. The number of piperidine rings is 1. The molecular formula is C23H37N5O4. The van der Waals surface area contributed by atoms with Gasteiger partial charge in [-0.1, -0.05) is 0 Å². The molecule has 1 unspecified atom stereocenters. The summed E-state index contributed by atoms with van der Waals surface area (Å²) in [5, 5.41) is 2.98. The first-order chi connectivity index (χ1) is 14.8. The molecule has 0 radical (unpaired) electrons. The summed E-state index contributed by atoms with van der Waals surface area (Å²) in [6.07, 6.45) is 4.16. The zero-order valence-electron chi connectivity index (χ0n) is 20.2. The Balaban J connectivity index is 1.82. The monoisotopic (exact) mass is 447 g/mol. The van der Waals surface area contributed by atoms with Crippen LogP contribution in [0.15, 0.2) is 6.20 Å². The molecular weight excluding hydrogens is 410 g/mol. The number of carbonyl (C=O) groups excluding carboxylic acids is 2. The van der Waals surface area contributed by atoms with Gasteiger partial charge in [-0.15, -0.1) is 0 Å². The van der Waals surface area contributed by atoms with E-state index in [9.17, 15) is 9.59 Å². The number of hydrogen-bond donors (Lipinski definition) is 2. The molecule has 3 N–H and O–H groups in total. The molecule has 0 bridgehead atoms. The van der Waals surface area contributed by atoms with E-state index in [1.54, 1.807) is 11.1 Å². The maximum absolute atomic E-state index is 12.8. The van der Waals surface area contributed by atoms with E-state index in [4.69, 9.17) is 15.2 Å². The normalized spacial score (nSPS) is 19.2. The zero-order chi connectivity index (χ0) is 23.7. The Labute approximate surface area is 190 Å². The zero-order valence-corrected chi connectivity index (χ0v) is 20.2. The van der Waals surface area contributed by atoms with E-state index >= 15 is 0 Å². The molecule has 1 atom stereocenters. The molecule has 32 heavy (non-hydrogen) atoms. The number of ether oxygens (including phenoxy) is 2. The minimum Gasteiger partial charge on any atom is -0.444 e. The maximum Gasteiger partial charge on any atom is 0.416 e. The predicted octanol–water partition coefficient (Wildman–Crippen LogP) is 3.85. The quantitative estimate of drug-likeness (QED) is 0.708. The lowest BCUT2D eigenvalue weighted by Crippen LogP contribution is -2.49. The number of aromatic nitrogens is 1. The number of nitrogen functional groups attached to an aromatic ring is 1. The summed E-state index contributed by atoms with van der Waals surface area (Å²) >= 11 is 0. The molecule has 0 aliphatic carbocycles. The van der Waals surface area contributed by atoms with E-state index in [0.29, 0.717) is 24.6 Å². The summed E-state index contributed by atoms with van der Waals surface area (Å²) in [6, 6.07) is -0.0487. The van der Waals surface area contributed by atoms with E-state index in [-0.39, 0.29) is 6.04 Å². The second kappa shape index (κ2) is 9.03. The summed E-state index contributed by atoms with van der Waals surface area (Å²) in [5.41, 5.74) is 7.69. The highest BCUT2D eigenvalue weighted by molar-refractivity contribution is 5.91. The summed E-state index contributed by atoms with van der Waals surface area (Å²) < 4.78 is 11.0. The highest BCUT2D eigenvalue weighted by Crippen LogP contribution is 2.38. The number of amides is 2. The molecule has 0 aromatic carbocycles. The van der Waals surface area contributed by atoms with Crippen LogP contribution in [0.5, 0.6) is 0 Å². The summed E-state index contributed by atoms with van der Waals surface area (Å²) in [6.45, 7) is 13.1. The average molecular weight is 448 g/mol. The van der Waals surface area contributed by atoms with Crippen LogP contribution in [-0.2, 0) is 15.9 Å². The van der Waals surface area contributed by atoms with Gasteiger partial charge >= 0.3 is 12.2 Å². The van der Waals surface area contributed by atoms with Gasteiger partial charge in [-0.3, -0.25) is 4.90 Å². The van der Waals surface area contributed by atoms with Crippen LogP contribution in [0.4, 0.5) is 26.8 Å². The molecule has 3 heterocycles. The minimum atomic E-state index is -0.585. The van der Waals surface area contributed by atoms with Crippen molar-refractivity contribution in [2.24, 2.45) is 0 Å². The molecule has 2 aliphatic rings. The first kappa shape index (κ1) is 23.9. The third-order valence-corrected chi connectivity index (χ3v) is 5.29. The SMILES string of the molecule is CC(C)(C)OC(=O)NC1CCCN(c2c(N)cnc3c2CCCN3C(=O)OC(C)(C)C)C1. The maximum atomic E-state index is 12.8. The van der Waals surface area contributed by atoms with Crippen molar-refractivity contribution in [3.8, 4) is 0 Å². The number of nitrogens with zero attached hydrogens (tertiary/aromatic N) is 3. The molecule has 1 fully saturated rings. The average Bonchev–Trinajstić information content (AvgIpc) is 2.64. The van der Waals surface area contributed by atoms with Gasteiger partial charge < -0.3 is 25.4 Å². The summed E-state index contributed by atoms with van der Waals surface area (Å²) in [7, 11) is 0. The van der Waals surface area contributed by atoms with Crippen molar-refractivity contribution in [1.82, 2.24) is 10.3 Å². The minimum absolute atomic E-state index is 0.0487. The molecule has 2 aliphatic heterocycles. The smallest absolute Gasteiger partial charge is 0.416 e. The Morgan fingerprint density at radius 1 is 1.09 bits per heavy atom. The topological polar surface area (TPSA) is 110 Å². The van der Waals surface area contributed by atoms with Crippen LogP contribution in [0.2, 0.25) is 0 Å². The highest BCUT2D eigenvalue weighted by atomic mass is 16.6. The number of rotatable bonds is 2.